The highest BCUT2D eigenvalue weighted by atomic mass is 31.2. The second-order valence-electron chi connectivity index (χ2n) is 6.59. The van der Waals surface area contributed by atoms with Crippen molar-refractivity contribution >= 4 is 25.2 Å². The summed E-state index contributed by atoms with van der Waals surface area (Å²) in [6, 6.07) is 6.67. The summed E-state index contributed by atoms with van der Waals surface area (Å²) in [5.74, 6) is -3.19. The Bertz CT molecular complexity index is 724. The van der Waals surface area contributed by atoms with Gasteiger partial charge in [-0.25, -0.2) is 4.79 Å². The molecule has 0 radical (unpaired) electrons. The molecule has 0 aromatic heterocycles. The van der Waals surface area contributed by atoms with E-state index in [4.69, 9.17) is 25.4 Å². The van der Waals surface area contributed by atoms with Crippen molar-refractivity contribution in [2.75, 3.05) is 11.5 Å². The van der Waals surface area contributed by atoms with E-state index in [9.17, 15) is 22.5 Å². The molecule has 0 saturated heterocycles. The van der Waals surface area contributed by atoms with E-state index in [-0.39, 0.29) is 12.6 Å². The Morgan fingerprint density at radius 1 is 1.20 bits per heavy atom. The monoisotopic (exact) mass is 456 g/mol. The van der Waals surface area contributed by atoms with Crippen molar-refractivity contribution in [2.45, 2.75) is 57.7 Å². The number of carbonyl (C=O) groups is 2. The van der Waals surface area contributed by atoms with Gasteiger partial charge in [0, 0.05) is 5.69 Å². The Kier molecular flexibility index (Phi) is 12.5. The molecule has 172 valence electrons. The smallest absolute Gasteiger partial charge is 0.475 e. The maximum atomic E-state index is 12.0. The van der Waals surface area contributed by atoms with Crippen molar-refractivity contribution in [2.24, 2.45) is 5.73 Å². The van der Waals surface area contributed by atoms with Crippen LogP contribution in [0.2, 0.25) is 0 Å². The molecule has 0 spiro atoms. The minimum Gasteiger partial charge on any atom is -0.475 e. The number of halogens is 3. The number of carboxylic acids is 1. The third-order valence-corrected chi connectivity index (χ3v) is 4.66. The Balaban J connectivity index is 0.00000103. The molecule has 0 aliphatic rings. The lowest BCUT2D eigenvalue weighted by molar-refractivity contribution is -0.192. The van der Waals surface area contributed by atoms with Crippen LogP contribution < -0.4 is 11.1 Å². The number of hydrogen-bond donors (Lipinski definition) is 5. The minimum absolute atomic E-state index is 0.0488. The zero-order valence-electron chi connectivity index (χ0n) is 16.6. The molecule has 1 amide bonds. The van der Waals surface area contributed by atoms with Crippen LogP contribution in [-0.2, 0) is 20.6 Å². The van der Waals surface area contributed by atoms with Gasteiger partial charge in [0.1, 0.15) is 0 Å². The largest absolute Gasteiger partial charge is 0.490 e. The molecule has 0 bridgehead atoms. The number of nitrogens with one attached hydrogen (secondary N) is 1. The van der Waals surface area contributed by atoms with E-state index in [1.807, 2.05) is 18.2 Å². The molecule has 1 aromatic rings. The number of carbonyl (C=O) groups excluding carboxylic acids is 1. The molecular weight excluding hydrogens is 428 g/mol. The van der Waals surface area contributed by atoms with Gasteiger partial charge < -0.3 is 25.9 Å². The lowest BCUT2D eigenvalue weighted by atomic mass is 10.1. The zero-order chi connectivity index (χ0) is 23.4. The molecule has 0 aliphatic carbocycles. The Morgan fingerprint density at radius 2 is 1.80 bits per heavy atom. The summed E-state index contributed by atoms with van der Waals surface area (Å²) in [7, 11) is -4.13. The molecule has 1 aromatic carbocycles. The van der Waals surface area contributed by atoms with Gasteiger partial charge in [-0.1, -0.05) is 38.3 Å². The van der Waals surface area contributed by atoms with Crippen LogP contribution >= 0.6 is 7.60 Å². The maximum absolute atomic E-state index is 12.0. The summed E-state index contributed by atoms with van der Waals surface area (Å²) in [5, 5.41) is 9.83. The third kappa shape index (κ3) is 14.1. The summed E-state index contributed by atoms with van der Waals surface area (Å²) in [6.07, 6.45) is 0.181. The van der Waals surface area contributed by atoms with E-state index in [1.165, 1.54) is 19.3 Å². The van der Waals surface area contributed by atoms with Gasteiger partial charge in [0.05, 0.1) is 12.2 Å². The molecule has 0 unspecified atom stereocenters. The summed E-state index contributed by atoms with van der Waals surface area (Å²) >= 11 is 0. The highest BCUT2D eigenvalue weighted by Crippen LogP contribution is 2.35. The van der Waals surface area contributed by atoms with E-state index >= 15 is 0 Å². The predicted octanol–water partition coefficient (Wildman–Crippen LogP) is 3.28. The highest BCUT2D eigenvalue weighted by Gasteiger charge is 2.38. The van der Waals surface area contributed by atoms with E-state index in [0.29, 0.717) is 5.69 Å². The van der Waals surface area contributed by atoms with Gasteiger partial charge in [-0.05, 0) is 37.0 Å². The number of aliphatic carboxylic acids is 1. The van der Waals surface area contributed by atoms with Crippen LogP contribution in [0.25, 0.3) is 0 Å². The van der Waals surface area contributed by atoms with Gasteiger partial charge in [0.15, 0.2) is 0 Å². The Morgan fingerprint density at radius 3 is 2.30 bits per heavy atom. The lowest BCUT2D eigenvalue weighted by Gasteiger charge is -2.13. The molecule has 1 rings (SSSR count). The van der Waals surface area contributed by atoms with Gasteiger partial charge in [-0.15, -0.1) is 0 Å². The fourth-order valence-corrected chi connectivity index (χ4v) is 2.85. The number of aryl methyl sites for hydroxylation is 1. The molecule has 0 saturated carbocycles. The number of benzene rings is 1. The molecule has 6 N–H and O–H groups in total. The number of hydrogen-bond acceptors (Lipinski definition) is 4. The third-order valence-electron chi connectivity index (χ3n) is 3.82. The lowest BCUT2D eigenvalue weighted by Crippen LogP contribution is -2.36. The van der Waals surface area contributed by atoms with Gasteiger partial charge >= 0.3 is 19.7 Å². The first-order valence-electron chi connectivity index (χ1n) is 9.26. The van der Waals surface area contributed by atoms with Crippen LogP contribution in [-0.4, -0.2) is 45.1 Å². The van der Waals surface area contributed by atoms with Crippen LogP contribution in [0.3, 0.4) is 0 Å². The van der Waals surface area contributed by atoms with Crippen LogP contribution in [0.4, 0.5) is 18.9 Å². The topological polar surface area (TPSA) is 150 Å². The molecular formula is C18H28F3N2O6P. The van der Waals surface area contributed by atoms with E-state index in [1.54, 1.807) is 6.07 Å². The van der Waals surface area contributed by atoms with Gasteiger partial charge in [-0.2, -0.15) is 13.2 Å². The van der Waals surface area contributed by atoms with Crippen molar-refractivity contribution in [3.05, 3.63) is 29.8 Å². The van der Waals surface area contributed by atoms with Crippen molar-refractivity contribution in [1.29, 1.82) is 0 Å². The average molecular weight is 456 g/mol. The first-order valence-corrected chi connectivity index (χ1v) is 11.1. The summed E-state index contributed by atoms with van der Waals surface area (Å²) < 4.78 is 42.6. The van der Waals surface area contributed by atoms with Crippen molar-refractivity contribution < 1.29 is 42.2 Å². The van der Waals surface area contributed by atoms with E-state index < -0.39 is 31.7 Å². The number of carboxylic acid groups (broad SMARTS) is 1. The summed E-state index contributed by atoms with van der Waals surface area (Å²) in [4.78, 5) is 38.5. The standard InChI is InChI=1S/C16H27N2O4P.C2HF3O2/c1-2-3-4-5-7-13-8-6-9-14(12-13)18-16(19)15(17)10-11-23(20,21)22;3-2(4,5)1(6)7/h6,8-9,12,15H,2-5,7,10-11,17H2,1H3,(H,18,19)(H2,20,21,22);(H,6,7)/t15-;/m1./s1. The number of amides is 1. The second-order valence-corrected chi connectivity index (χ2v) is 8.36. The van der Waals surface area contributed by atoms with E-state index in [0.717, 1.165) is 18.4 Å². The molecule has 30 heavy (non-hydrogen) atoms. The van der Waals surface area contributed by atoms with Crippen molar-refractivity contribution in [3.8, 4) is 0 Å². The minimum atomic E-state index is -5.08. The summed E-state index contributed by atoms with van der Waals surface area (Å²) in [5.41, 5.74) is 7.49. The van der Waals surface area contributed by atoms with E-state index in [2.05, 4.69) is 12.2 Å². The summed E-state index contributed by atoms with van der Waals surface area (Å²) in [6.45, 7) is 2.17. The van der Waals surface area contributed by atoms with Gasteiger partial charge in [0.2, 0.25) is 5.91 Å². The van der Waals surface area contributed by atoms with Gasteiger partial charge in [0.25, 0.3) is 0 Å². The molecule has 0 fully saturated rings. The number of rotatable bonds is 10. The zero-order valence-corrected chi connectivity index (χ0v) is 17.5. The molecule has 1 atom stereocenters. The quantitative estimate of drug-likeness (QED) is 0.268. The fourth-order valence-electron chi connectivity index (χ4n) is 2.23. The maximum Gasteiger partial charge on any atom is 0.490 e. The molecule has 0 heterocycles. The number of unbranched alkanes of at least 4 members (excludes halogenated alkanes) is 3. The first-order chi connectivity index (χ1) is 13.8. The molecule has 12 heteroatoms. The van der Waals surface area contributed by atoms with Crippen LogP contribution in [0.1, 0.15) is 44.6 Å². The Labute approximate surface area is 172 Å². The molecule has 0 aliphatic heterocycles. The van der Waals surface area contributed by atoms with Crippen molar-refractivity contribution in [3.63, 3.8) is 0 Å². The number of nitrogens with two attached hydrogens (primary N) is 1. The Hall–Kier alpha value is -1.94. The van der Waals surface area contributed by atoms with Crippen LogP contribution in [0, 0.1) is 0 Å². The van der Waals surface area contributed by atoms with Gasteiger partial charge in [-0.3, -0.25) is 9.36 Å². The highest BCUT2D eigenvalue weighted by molar-refractivity contribution is 7.51. The van der Waals surface area contributed by atoms with Crippen LogP contribution in [0.5, 0.6) is 0 Å². The number of alkyl halides is 3. The van der Waals surface area contributed by atoms with Crippen molar-refractivity contribution in [1.82, 2.24) is 0 Å². The first kappa shape index (κ1) is 28.1. The average Bonchev–Trinajstić information content (AvgIpc) is 2.62. The fraction of sp³-hybridized carbons (Fsp3) is 0.556. The van der Waals surface area contributed by atoms with Crippen LogP contribution in [0.15, 0.2) is 24.3 Å². The molecule has 8 nitrogen and oxygen atoms in total. The predicted molar refractivity (Wildman–Crippen MR) is 106 cm³/mol. The SMILES string of the molecule is CCCCCCc1cccc(NC(=O)[C@H](N)CCP(=O)(O)O)c1.O=C(O)C(F)(F)F. The number of anilines is 1. The normalized spacial score (nSPS) is 12.5. The second kappa shape index (κ2) is 13.4.